The summed E-state index contributed by atoms with van der Waals surface area (Å²) in [6.07, 6.45) is 0. The Morgan fingerprint density at radius 2 is 2.05 bits per heavy atom. The SMILES string of the molecule is CNc1ccc(C)cc1C(=O)NCCSC(F)(F)F. The molecule has 1 rings (SSSR count). The van der Waals surface area contributed by atoms with Crippen LogP contribution in [-0.4, -0.2) is 30.8 Å². The molecule has 1 aromatic rings. The summed E-state index contributed by atoms with van der Waals surface area (Å²) in [5, 5.41) is 5.35. The lowest BCUT2D eigenvalue weighted by Gasteiger charge is -2.11. The van der Waals surface area contributed by atoms with E-state index in [2.05, 4.69) is 10.6 Å². The van der Waals surface area contributed by atoms with Gasteiger partial charge in [-0.15, -0.1) is 0 Å². The van der Waals surface area contributed by atoms with E-state index in [4.69, 9.17) is 0 Å². The van der Waals surface area contributed by atoms with Crippen LogP contribution >= 0.6 is 11.8 Å². The molecule has 7 heteroatoms. The maximum atomic E-state index is 11.9. The van der Waals surface area contributed by atoms with Crippen molar-refractivity contribution < 1.29 is 18.0 Å². The average Bonchev–Trinajstić information content (AvgIpc) is 2.33. The van der Waals surface area contributed by atoms with Crippen LogP contribution in [-0.2, 0) is 0 Å². The molecule has 0 aliphatic rings. The van der Waals surface area contributed by atoms with Crippen LogP contribution in [0.3, 0.4) is 0 Å². The second kappa shape index (κ2) is 6.70. The second-order valence-corrected chi connectivity index (χ2v) is 5.01. The maximum Gasteiger partial charge on any atom is 0.441 e. The van der Waals surface area contributed by atoms with E-state index in [1.54, 1.807) is 19.2 Å². The molecule has 0 fully saturated rings. The second-order valence-electron chi connectivity index (χ2n) is 3.85. The molecular weight excluding hydrogens is 277 g/mol. The molecule has 1 amide bonds. The molecule has 0 heterocycles. The van der Waals surface area contributed by atoms with Gasteiger partial charge >= 0.3 is 5.51 Å². The van der Waals surface area contributed by atoms with Gasteiger partial charge in [0.15, 0.2) is 0 Å². The standard InChI is InChI=1S/C12H15F3N2OS/c1-8-3-4-10(16-2)9(7-8)11(18)17-5-6-19-12(13,14)15/h3-4,7,16H,5-6H2,1-2H3,(H,17,18). The van der Waals surface area contributed by atoms with Crippen LogP contribution in [0.5, 0.6) is 0 Å². The number of hydrogen-bond acceptors (Lipinski definition) is 3. The van der Waals surface area contributed by atoms with E-state index in [1.807, 2.05) is 13.0 Å². The highest BCUT2D eigenvalue weighted by Crippen LogP contribution is 2.29. The van der Waals surface area contributed by atoms with Gasteiger partial charge in [-0.1, -0.05) is 11.6 Å². The number of nitrogens with one attached hydrogen (secondary N) is 2. The molecule has 1 aromatic carbocycles. The normalized spacial score (nSPS) is 11.2. The Morgan fingerprint density at radius 1 is 1.37 bits per heavy atom. The Bertz CT molecular complexity index is 449. The fourth-order valence-electron chi connectivity index (χ4n) is 1.49. The van der Waals surface area contributed by atoms with Gasteiger partial charge in [-0.3, -0.25) is 4.79 Å². The summed E-state index contributed by atoms with van der Waals surface area (Å²) in [7, 11) is 1.68. The Balaban J connectivity index is 2.56. The number of rotatable bonds is 5. The summed E-state index contributed by atoms with van der Waals surface area (Å²) in [6.45, 7) is 1.82. The molecule has 0 bridgehead atoms. The van der Waals surface area contributed by atoms with Crippen molar-refractivity contribution in [3.05, 3.63) is 29.3 Å². The molecule has 0 aromatic heterocycles. The van der Waals surface area contributed by atoms with Gasteiger partial charge in [0.05, 0.1) is 5.56 Å². The molecule has 0 unspecified atom stereocenters. The number of anilines is 1. The highest BCUT2D eigenvalue weighted by atomic mass is 32.2. The summed E-state index contributed by atoms with van der Waals surface area (Å²) in [6, 6.07) is 5.30. The van der Waals surface area contributed by atoms with Gasteiger partial charge in [0.2, 0.25) is 0 Å². The lowest BCUT2D eigenvalue weighted by Crippen LogP contribution is -2.27. The van der Waals surface area contributed by atoms with Crippen LogP contribution in [0.4, 0.5) is 18.9 Å². The number of carbonyl (C=O) groups is 1. The minimum absolute atomic E-state index is 0.0277. The van der Waals surface area contributed by atoms with Gasteiger partial charge in [-0.05, 0) is 30.8 Å². The van der Waals surface area contributed by atoms with Crippen LogP contribution in [0.25, 0.3) is 0 Å². The number of hydrogen-bond donors (Lipinski definition) is 2. The van der Waals surface area contributed by atoms with Gasteiger partial charge in [-0.25, -0.2) is 0 Å². The van der Waals surface area contributed by atoms with Gasteiger partial charge in [0.1, 0.15) is 0 Å². The Morgan fingerprint density at radius 3 is 2.63 bits per heavy atom. The Hall–Kier alpha value is -1.37. The Labute approximate surface area is 114 Å². The van der Waals surface area contributed by atoms with Gasteiger partial charge in [-0.2, -0.15) is 13.2 Å². The van der Waals surface area contributed by atoms with Crippen molar-refractivity contribution in [3.63, 3.8) is 0 Å². The highest BCUT2D eigenvalue weighted by molar-refractivity contribution is 8.00. The predicted molar refractivity (Wildman–Crippen MR) is 71.6 cm³/mol. The summed E-state index contributed by atoms with van der Waals surface area (Å²) in [5.74, 6) is -0.577. The molecule has 0 radical (unpaired) electrons. The van der Waals surface area contributed by atoms with Crippen LogP contribution in [0.2, 0.25) is 0 Å². The summed E-state index contributed by atoms with van der Waals surface area (Å²) in [4.78, 5) is 11.9. The van der Waals surface area contributed by atoms with Crippen LogP contribution in [0.1, 0.15) is 15.9 Å². The zero-order valence-electron chi connectivity index (χ0n) is 10.6. The molecular formula is C12H15F3N2OS. The number of halogens is 3. The first-order chi connectivity index (χ1) is 8.83. The van der Waals surface area contributed by atoms with Crippen LogP contribution in [0.15, 0.2) is 18.2 Å². The number of alkyl halides is 3. The van der Waals surface area contributed by atoms with E-state index in [-0.39, 0.29) is 30.0 Å². The van der Waals surface area contributed by atoms with Crippen molar-refractivity contribution in [2.24, 2.45) is 0 Å². The van der Waals surface area contributed by atoms with Crippen LogP contribution in [0, 0.1) is 6.92 Å². The average molecular weight is 292 g/mol. The maximum absolute atomic E-state index is 11.9. The number of thioether (sulfide) groups is 1. The van der Waals surface area contributed by atoms with E-state index >= 15 is 0 Å². The molecule has 3 nitrogen and oxygen atoms in total. The van der Waals surface area contributed by atoms with Crippen molar-refractivity contribution in [2.45, 2.75) is 12.4 Å². The van der Waals surface area contributed by atoms with Crippen molar-refractivity contribution in [1.29, 1.82) is 0 Å². The third-order valence-corrected chi connectivity index (χ3v) is 3.08. The van der Waals surface area contributed by atoms with E-state index < -0.39 is 5.51 Å². The number of benzene rings is 1. The first kappa shape index (κ1) is 15.7. The molecule has 0 saturated heterocycles. The lowest BCUT2D eigenvalue weighted by molar-refractivity contribution is -0.0327. The Kier molecular flexibility index (Phi) is 5.53. The topological polar surface area (TPSA) is 41.1 Å². The fourth-order valence-corrected chi connectivity index (χ4v) is 1.93. The monoisotopic (exact) mass is 292 g/mol. The van der Waals surface area contributed by atoms with Crippen molar-refractivity contribution in [3.8, 4) is 0 Å². The first-order valence-electron chi connectivity index (χ1n) is 5.61. The predicted octanol–water partition coefficient (Wildman–Crippen LogP) is 3.02. The minimum Gasteiger partial charge on any atom is -0.387 e. The van der Waals surface area contributed by atoms with E-state index in [9.17, 15) is 18.0 Å². The zero-order valence-corrected chi connectivity index (χ0v) is 11.4. The minimum atomic E-state index is -4.26. The molecule has 2 N–H and O–H groups in total. The fraction of sp³-hybridized carbons (Fsp3) is 0.417. The third kappa shape index (κ3) is 5.42. The molecule has 0 aliphatic heterocycles. The first-order valence-corrected chi connectivity index (χ1v) is 6.59. The molecule has 19 heavy (non-hydrogen) atoms. The molecule has 0 aliphatic carbocycles. The number of amides is 1. The van der Waals surface area contributed by atoms with E-state index in [1.165, 1.54) is 0 Å². The van der Waals surface area contributed by atoms with Crippen molar-refractivity contribution >= 4 is 23.4 Å². The van der Waals surface area contributed by atoms with Gasteiger partial charge in [0.25, 0.3) is 5.91 Å². The molecule has 106 valence electrons. The van der Waals surface area contributed by atoms with Gasteiger partial charge in [0, 0.05) is 25.0 Å². The number of carbonyl (C=O) groups excluding carboxylic acids is 1. The quantitative estimate of drug-likeness (QED) is 0.820. The van der Waals surface area contributed by atoms with Gasteiger partial charge < -0.3 is 10.6 Å². The van der Waals surface area contributed by atoms with Crippen molar-refractivity contribution in [1.82, 2.24) is 5.32 Å². The van der Waals surface area contributed by atoms with E-state index in [0.717, 1.165) is 5.56 Å². The number of aryl methyl sites for hydroxylation is 1. The molecule has 0 atom stereocenters. The molecule has 0 saturated carbocycles. The highest BCUT2D eigenvalue weighted by Gasteiger charge is 2.27. The lowest BCUT2D eigenvalue weighted by atomic mass is 10.1. The van der Waals surface area contributed by atoms with E-state index in [0.29, 0.717) is 11.3 Å². The summed E-state index contributed by atoms with van der Waals surface area (Å²) in [5.41, 5.74) is -2.27. The summed E-state index contributed by atoms with van der Waals surface area (Å²) < 4.78 is 35.7. The van der Waals surface area contributed by atoms with Crippen molar-refractivity contribution in [2.75, 3.05) is 24.7 Å². The summed E-state index contributed by atoms with van der Waals surface area (Å²) >= 11 is -0.146. The largest absolute Gasteiger partial charge is 0.441 e. The van der Waals surface area contributed by atoms with Crippen LogP contribution < -0.4 is 10.6 Å². The molecule has 0 spiro atoms. The smallest absolute Gasteiger partial charge is 0.387 e. The third-order valence-electron chi connectivity index (χ3n) is 2.34. The zero-order chi connectivity index (χ0) is 14.5.